The number of para-hydroxylation sites is 1. The largest absolute Gasteiger partial charge is 0.497 e. The second kappa shape index (κ2) is 4.92. The predicted molar refractivity (Wildman–Crippen MR) is 72.0 cm³/mol. The number of anilines is 1. The molecule has 92 valence electrons. The summed E-state index contributed by atoms with van der Waals surface area (Å²) in [7, 11) is 1.60. The number of aryl methyl sites for hydroxylation is 1. The Morgan fingerprint density at radius 1 is 1.11 bits per heavy atom. The van der Waals surface area contributed by atoms with Crippen LogP contribution in [0.3, 0.4) is 0 Å². The molecular formula is C15H15NO2. The average molecular weight is 241 g/mol. The summed E-state index contributed by atoms with van der Waals surface area (Å²) in [6, 6.07) is 12.5. The van der Waals surface area contributed by atoms with Gasteiger partial charge in [-0.25, -0.2) is 0 Å². The van der Waals surface area contributed by atoms with Crippen LogP contribution >= 0.6 is 0 Å². The van der Waals surface area contributed by atoms with Gasteiger partial charge in [0.1, 0.15) is 5.75 Å². The van der Waals surface area contributed by atoms with Crippen LogP contribution in [0.1, 0.15) is 21.5 Å². The first-order chi connectivity index (χ1) is 8.63. The van der Waals surface area contributed by atoms with Crippen molar-refractivity contribution in [3.05, 3.63) is 59.2 Å². The molecule has 18 heavy (non-hydrogen) atoms. The van der Waals surface area contributed by atoms with E-state index in [0.29, 0.717) is 16.8 Å². The lowest BCUT2D eigenvalue weighted by atomic mass is 9.98. The number of nitrogens with two attached hydrogens (primary N) is 1. The molecule has 0 saturated carbocycles. The molecule has 0 fully saturated rings. The highest BCUT2D eigenvalue weighted by Crippen LogP contribution is 2.22. The van der Waals surface area contributed by atoms with Gasteiger partial charge < -0.3 is 10.5 Å². The minimum Gasteiger partial charge on any atom is -0.497 e. The Hall–Kier alpha value is -2.29. The Balaban J connectivity index is 2.44. The lowest BCUT2D eigenvalue weighted by Gasteiger charge is -2.08. The van der Waals surface area contributed by atoms with Crippen molar-refractivity contribution in [2.45, 2.75) is 6.92 Å². The molecule has 0 aliphatic heterocycles. The Morgan fingerprint density at radius 3 is 2.44 bits per heavy atom. The molecule has 2 N–H and O–H groups in total. The maximum absolute atomic E-state index is 12.4. The molecule has 2 rings (SSSR count). The summed E-state index contributed by atoms with van der Waals surface area (Å²) in [5, 5.41) is 0. The van der Waals surface area contributed by atoms with E-state index < -0.39 is 0 Å². The zero-order chi connectivity index (χ0) is 13.1. The average Bonchev–Trinajstić information content (AvgIpc) is 2.38. The fourth-order valence-corrected chi connectivity index (χ4v) is 1.87. The number of ether oxygens (including phenoxy) is 1. The number of hydrogen-bond donors (Lipinski definition) is 1. The summed E-state index contributed by atoms with van der Waals surface area (Å²) >= 11 is 0. The summed E-state index contributed by atoms with van der Waals surface area (Å²) < 4.78 is 5.12. The molecule has 0 aromatic heterocycles. The SMILES string of the molecule is COc1ccc(C(=O)c2ccccc2N)c(C)c1. The van der Waals surface area contributed by atoms with Crippen LogP contribution in [0.2, 0.25) is 0 Å². The Labute approximate surface area is 106 Å². The van der Waals surface area contributed by atoms with Gasteiger partial charge in [-0.3, -0.25) is 4.79 Å². The van der Waals surface area contributed by atoms with Gasteiger partial charge in [-0.2, -0.15) is 0 Å². The number of nitrogen functional groups attached to an aromatic ring is 1. The maximum Gasteiger partial charge on any atom is 0.195 e. The third kappa shape index (κ3) is 2.20. The van der Waals surface area contributed by atoms with Gasteiger partial charge in [0, 0.05) is 16.8 Å². The van der Waals surface area contributed by atoms with E-state index in [0.717, 1.165) is 11.3 Å². The molecule has 0 aliphatic rings. The van der Waals surface area contributed by atoms with Crippen molar-refractivity contribution in [3.63, 3.8) is 0 Å². The van der Waals surface area contributed by atoms with Gasteiger partial charge in [-0.1, -0.05) is 12.1 Å². The van der Waals surface area contributed by atoms with Crippen molar-refractivity contribution < 1.29 is 9.53 Å². The summed E-state index contributed by atoms with van der Waals surface area (Å²) in [4.78, 5) is 12.4. The van der Waals surface area contributed by atoms with Gasteiger partial charge in [-0.05, 0) is 42.8 Å². The number of benzene rings is 2. The van der Waals surface area contributed by atoms with Gasteiger partial charge in [-0.15, -0.1) is 0 Å². The standard InChI is InChI=1S/C15H15NO2/c1-10-9-11(18-2)7-8-12(10)15(17)13-5-3-4-6-14(13)16/h3-9H,16H2,1-2H3. The molecular weight excluding hydrogens is 226 g/mol. The topological polar surface area (TPSA) is 52.3 Å². The van der Waals surface area contributed by atoms with Gasteiger partial charge in [0.05, 0.1) is 7.11 Å². The van der Waals surface area contributed by atoms with E-state index in [1.165, 1.54) is 0 Å². The molecule has 0 radical (unpaired) electrons. The van der Waals surface area contributed by atoms with Crippen LogP contribution in [0.15, 0.2) is 42.5 Å². The molecule has 3 heteroatoms. The normalized spacial score (nSPS) is 10.1. The van der Waals surface area contributed by atoms with Crippen molar-refractivity contribution >= 4 is 11.5 Å². The van der Waals surface area contributed by atoms with E-state index in [2.05, 4.69) is 0 Å². The maximum atomic E-state index is 12.4. The predicted octanol–water partition coefficient (Wildman–Crippen LogP) is 2.82. The molecule has 0 amide bonds. The second-order valence-electron chi connectivity index (χ2n) is 4.10. The summed E-state index contributed by atoms with van der Waals surface area (Å²) in [6.07, 6.45) is 0. The van der Waals surface area contributed by atoms with Crippen LogP contribution in [0, 0.1) is 6.92 Å². The van der Waals surface area contributed by atoms with Gasteiger partial charge in [0.2, 0.25) is 0 Å². The minimum atomic E-state index is -0.0618. The smallest absolute Gasteiger partial charge is 0.195 e. The van der Waals surface area contributed by atoms with E-state index in [-0.39, 0.29) is 5.78 Å². The zero-order valence-electron chi connectivity index (χ0n) is 10.4. The van der Waals surface area contributed by atoms with E-state index in [1.54, 1.807) is 31.4 Å². The van der Waals surface area contributed by atoms with E-state index in [1.807, 2.05) is 25.1 Å². The fraction of sp³-hybridized carbons (Fsp3) is 0.133. The van der Waals surface area contributed by atoms with Crippen LogP contribution in [-0.2, 0) is 0 Å². The molecule has 0 saturated heterocycles. The molecule has 2 aromatic carbocycles. The lowest BCUT2D eigenvalue weighted by Crippen LogP contribution is -2.07. The monoisotopic (exact) mass is 241 g/mol. The number of carbonyl (C=O) groups excluding carboxylic acids is 1. The number of rotatable bonds is 3. The van der Waals surface area contributed by atoms with Gasteiger partial charge >= 0.3 is 0 Å². The number of carbonyl (C=O) groups is 1. The van der Waals surface area contributed by atoms with E-state index >= 15 is 0 Å². The summed E-state index contributed by atoms with van der Waals surface area (Å²) in [6.45, 7) is 1.88. The van der Waals surface area contributed by atoms with Crippen molar-refractivity contribution in [2.75, 3.05) is 12.8 Å². The fourth-order valence-electron chi connectivity index (χ4n) is 1.87. The Bertz CT molecular complexity index is 591. The van der Waals surface area contributed by atoms with Gasteiger partial charge in [0.15, 0.2) is 5.78 Å². The third-order valence-corrected chi connectivity index (χ3v) is 2.88. The van der Waals surface area contributed by atoms with Crippen molar-refractivity contribution in [3.8, 4) is 5.75 Å². The number of hydrogen-bond acceptors (Lipinski definition) is 3. The second-order valence-corrected chi connectivity index (χ2v) is 4.10. The van der Waals surface area contributed by atoms with Crippen LogP contribution in [0.25, 0.3) is 0 Å². The van der Waals surface area contributed by atoms with Crippen molar-refractivity contribution in [1.82, 2.24) is 0 Å². The Kier molecular flexibility index (Phi) is 3.33. The zero-order valence-corrected chi connectivity index (χ0v) is 10.4. The van der Waals surface area contributed by atoms with Crippen LogP contribution in [0.4, 0.5) is 5.69 Å². The highest BCUT2D eigenvalue weighted by Gasteiger charge is 2.14. The van der Waals surface area contributed by atoms with Crippen LogP contribution in [-0.4, -0.2) is 12.9 Å². The molecule has 2 aromatic rings. The highest BCUT2D eigenvalue weighted by atomic mass is 16.5. The third-order valence-electron chi connectivity index (χ3n) is 2.88. The number of methoxy groups -OCH3 is 1. The molecule has 0 aliphatic carbocycles. The highest BCUT2D eigenvalue weighted by molar-refractivity contribution is 6.12. The molecule has 0 atom stereocenters. The molecule has 0 bridgehead atoms. The summed E-state index contributed by atoms with van der Waals surface area (Å²) in [5.74, 6) is 0.679. The quantitative estimate of drug-likeness (QED) is 0.664. The number of ketones is 1. The van der Waals surface area contributed by atoms with Crippen molar-refractivity contribution in [2.24, 2.45) is 0 Å². The van der Waals surface area contributed by atoms with E-state index in [4.69, 9.17) is 10.5 Å². The molecule has 0 unspecified atom stereocenters. The van der Waals surface area contributed by atoms with Gasteiger partial charge in [0.25, 0.3) is 0 Å². The minimum absolute atomic E-state index is 0.0618. The van der Waals surface area contributed by atoms with Crippen LogP contribution < -0.4 is 10.5 Å². The first-order valence-electron chi connectivity index (χ1n) is 5.67. The first-order valence-corrected chi connectivity index (χ1v) is 5.67. The molecule has 3 nitrogen and oxygen atoms in total. The molecule has 0 spiro atoms. The lowest BCUT2D eigenvalue weighted by molar-refractivity contribution is 0.103. The van der Waals surface area contributed by atoms with E-state index in [9.17, 15) is 4.79 Å². The Morgan fingerprint density at radius 2 is 1.83 bits per heavy atom. The van der Waals surface area contributed by atoms with Crippen LogP contribution in [0.5, 0.6) is 5.75 Å². The first kappa shape index (κ1) is 12.2. The van der Waals surface area contributed by atoms with Crippen molar-refractivity contribution in [1.29, 1.82) is 0 Å². The molecule has 0 heterocycles. The summed E-state index contributed by atoms with van der Waals surface area (Å²) in [5.41, 5.74) is 8.37.